The molecule has 2 aromatic heterocycles. The van der Waals surface area contributed by atoms with Gasteiger partial charge < -0.3 is 4.74 Å². The Balaban J connectivity index is 1.98. The molecule has 0 aliphatic carbocycles. The number of aromatic nitrogens is 3. The molecule has 0 radical (unpaired) electrons. The van der Waals surface area contributed by atoms with Gasteiger partial charge >= 0.3 is 0 Å². The van der Waals surface area contributed by atoms with Crippen molar-refractivity contribution in [2.24, 2.45) is 7.05 Å². The third-order valence-corrected chi connectivity index (χ3v) is 2.68. The molecule has 0 fully saturated rings. The van der Waals surface area contributed by atoms with E-state index in [1.54, 1.807) is 16.9 Å². The van der Waals surface area contributed by atoms with E-state index in [4.69, 9.17) is 4.74 Å². The molecule has 0 saturated carbocycles. The lowest BCUT2D eigenvalue weighted by Gasteiger charge is -2.08. The van der Waals surface area contributed by atoms with E-state index in [2.05, 4.69) is 10.1 Å². The summed E-state index contributed by atoms with van der Waals surface area (Å²) >= 11 is 0. The summed E-state index contributed by atoms with van der Waals surface area (Å²) in [6, 6.07) is 5.54. The number of hydrogen-bond donors (Lipinski definition) is 0. The van der Waals surface area contributed by atoms with Gasteiger partial charge in [0, 0.05) is 31.1 Å². The quantitative estimate of drug-likeness (QED) is 0.750. The summed E-state index contributed by atoms with van der Waals surface area (Å²) in [6.07, 6.45) is 3.20. The Morgan fingerprint density at radius 3 is 2.89 bits per heavy atom. The second-order valence-corrected chi connectivity index (χ2v) is 4.00. The van der Waals surface area contributed by atoms with Crippen molar-refractivity contribution in [3.8, 4) is 5.75 Å². The van der Waals surface area contributed by atoms with Crippen molar-refractivity contribution in [3.05, 3.63) is 41.5 Å². The van der Waals surface area contributed by atoms with Crippen LogP contribution in [0.5, 0.6) is 5.75 Å². The van der Waals surface area contributed by atoms with Gasteiger partial charge in [0.15, 0.2) is 6.29 Å². The van der Waals surface area contributed by atoms with E-state index < -0.39 is 0 Å². The molecular weight excluding hydrogens is 230 g/mol. The average molecular weight is 245 g/mol. The van der Waals surface area contributed by atoms with E-state index in [-0.39, 0.29) is 0 Å². The number of pyridine rings is 1. The van der Waals surface area contributed by atoms with E-state index >= 15 is 0 Å². The van der Waals surface area contributed by atoms with Gasteiger partial charge in [-0.1, -0.05) is 0 Å². The first-order chi connectivity index (χ1) is 8.70. The maximum Gasteiger partial charge on any atom is 0.172 e. The van der Waals surface area contributed by atoms with Crippen molar-refractivity contribution < 1.29 is 9.53 Å². The molecule has 0 aliphatic rings. The van der Waals surface area contributed by atoms with Crippen LogP contribution in [-0.2, 0) is 13.5 Å². The normalized spacial score (nSPS) is 10.3. The number of rotatable bonds is 5. The molecule has 0 saturated heterocycles. The average Bonchev–Trinajstić information content (AvgIpc) is 2.77. The van der Waals surface area contributed by atoms with Crippen LogP contribution in [0, 0.1) is 6.92 Å². The number of aldehydes is 1. The third-order valence-electron chi connectivity index (χ3n) is 2.68. The zero-order chi connectivity index (χ0) is 13.0. The Kier molecular flexibility index (Phi) is 3.72. The lowest BCUT2D eigenvalue weighted by molar-refractivity contribution is 0.111. The lowest BCUT2D eigenvalue weighted by atomic mass is 10.3. The first kappa shape index (κ1) is 12.3. The zero-order valence-electron chi connectivity index (χ0n) is 10.5. The number of hydrogen-bond acceptors (Lipinski definition) is 4. The minimum absolute atomic E-state index is 0.347. The van der Waals surface area contributed by atoms with E-state index in [1.165, 1.54) is 0 Å². The highest BCUT2D eigenvalue weighted by molar-refractivity contribution is 5.76. The number of carbonyl (C=O) groups is 1. The van der Waals surface area contributed by atoms with Crippen LogP contribution in [0.4, 0.5) is 0 Å². The molecule has 0 bridgehead atoms. The summed E-state index contributed by atoms with van der Waals surface area (Å²) in [5, 5.41) is 4.08. The van der Waals surface area contributed by atoms with Gasteiger partial charge in [-0.25, -0.2) is 4.98 Å². The molecule has 5 heteroatoms. The zero-order valence-corrected chi connectivity index (χ0v) is 10.5. The molecule has 94 valence electrons. The molecule has 18 heavy (non-hydrogen) atoms. The van der Waals surface area contributed by atoms with Gasteiger partial charge in [-0.05, 0) is 25.1 Å². The molecule has 0 atom stereocenters. The Hall–Kier alpha value is -2.17. The maximum atomic E-state index is 10.9. The van der Waals surface area contributed by atoms with Crippen molar-refractivity contribution in [2.75, 3.05) is 6.61 Å². The Labute approximate surface area is 105 Å². The Morgan fingerprint density at radius 2 is 2.22 bits per heavy atom. The molecule has 2 rings (SSSR count). The first-order valence-electron chi connectivity index (χ1n) is 5.73. The number of aryl methyl sites for hydroxylation is 2. The van der Waals surface area contributed by atoms with Crippen molar-refractivity contribution >= 4 is 6.29 Å². The van der Waals surface area contributed by atoms with Crippen LogP contribution in [0.25, 0.3) is 0 Å². The SMILES string of the molecule is Cc1ccc(OCCc2ccnn2C)c(C=O)n1. The molecule has 0 aliphatic heterocycles. The molecule has 2 aromatic rings. The van der Waals surface area contributed by atoms with Gasteiger partial charge in [0.05, 0.1) is 6.61 Å². The topological polar surface area (TPSA) is 57.0 Å². The summed E-state index contributed by atoms with van der Waals surface area (Å²) in [5.41, 5.74) is 2.24. The van der Waals surface area contributed by atoms with Crippen LogP contribution in [0.15, 0.2) is 24.4 Å². The number of ether oxygens (including phenoxy) is 1. The second-order valence-electron chi connectivity index (χ2n) is 4.00. The molecule has 0 amide bonds. The monoisotopic (exact) mass is 245 g/mol. The highest BCUT2D eigenvalue weighted by Gasteiger charge is 2.05. The van der Waals surface area contributed by atoms with Gasteiger partial charge in [-0.2, -0.15) is 5.10 Å². The van der Waals surface area contributed by atoms with E-state index in [0.29, 0.717) is 24.3 Å². The summed E-state index contributed by atoms with van der Waals surface area (Å²) in [4.78, 5) is 15.0. The predicted molar refractivity (Wildman–Crippen MR) is 66.8 cm³/mol. The van der Waals surface area contributed by atoms with Crippen molar-refractivity contribution in [2.45, 2.75) is 13.3 Å². The van der Waals surface area contributed by atoms with E-state index in [1.807, 2.05) is 26.1 Å². The van der Waals surface area contributed by atoms with Gasteiger partial charge in [0.1, 0.15) is 11.4 Å². The minimum atomic E-state index is 0.347. The minimum Gasteiger partial charge on any atom is -0.491 e. The fourth-order valence-electron chi connectivity index (χ4n) is 1.68. The highest BCUT2D eigenvalue weighted by atomic mass is 16.5. The molecule has 0 spiro atoms. The number of carbonyl (C=O) groups excluding carboxylic acids is 1. The fraction of sp³-hybridized carbons (Fsp3) is 0.308. The molecule has 5 nitrogen and oxygen atoms in total. The molecule has 0 aromatic carbocycles. The standard InChI is InChI=1S/C13H15N3O2/c1-10-3-4-13(12(9-17)15-10)18-8-6-11-5-7-14-16(11)2/h3-5,7,9H,6,8H2,1-2H3. The number of nitrogens with zero attached hydrogens (tertiary/aromatic N) is 3. The first-order valence-corrected chi connectivity index (χ1v) is 5.73. The van der Waals surface area contributed by atoms with Crippen LogP contribution in [0.2, 0.25) is 0 Å². The van der Waals surface area contributed by atoms with Gasteiger partial charge in [-0.15, -0.1) is 0 Å². The van der Waals surface area contributed by atoms with Gasteiger partial charge in [-0.3, -0.25) is 9.48 Å². The van der Waals surface area contributed by atoms with E-state index in [0.717, 1.165) is 17.8 Å². The van der Waals surface area contributed by atoms with Crippen LogP contribution >= 0.6 is 0 Å². The lowest BCUT2D eigenvalue weighted by Crippen LogP contribution is -2.07. The van der Waals surface area contributed by atoms with Crippen LogP contribution in [-0.4, -0.2) is 27.7 Å². The predicted octanol–water partition coefficient (Wildman–Crippen LogP) is 1.56. The molecule has 0 N–H and O–H groups in total. The largest absolute Gasteiger partial charge is 0.491 e. The summed E-state index contributed by atoms with van der Waals surface area (Å²) < 4.78 is 7.38. The molecular formula is C13H15N3O2. The second kappa shape index (κ2) is 5.44. The van der Waals surface area contributed by atoms with Crippen molar-refractivity contribution in [1.29, 1.82) is 0 Å². The van der Waals surface area contributed by atoms with Crippen molar-refractivity contribution in [1.82, 2.24) is 14.8 Å². The van der Waals surface area contributed by atoms with Crippen LogP contribution in [0.3, 0.4) is 0 Å². The van der Waals surface area contributed by atoms with Crippen LogP contribution < -0.4 is 4.74 Å². The van der Waals surface area contributed by atoms with Crippen molar-refractivity contribution in [3.63, 3.8) is 0 Å². The summed E-state index contributed by atoms with van der Waals surface area (Å²) in [5.74, 6) is 0.526. The summed E-state index contributed by atoms with van der Waals surface area (Å²) in [6.45, 7) is 2.33. The van der Waals surface area contributed by atoms with Gasteiger partial charge in [0.2, 0.25) is 0 Å². The maximum absolute atomic E-state index is 10.9. The smallest absolute Gasteiger partial charge is 0.172 e. The van der Waals surface area contributed by atoms with E-state index in [9.17, 15) is 4.79 Å². The van der Waals surface area contributed by atoms with Gasteiger partial charge in [0.25, 0.3) is 0 Å². The summed E-state index contributed by atoms with van der Waals surface area (Å²) in [7, 11) is 1.89. The van der Waals surface area contributed by atoms with Crippen LogP contribution in [0.1, 0.15) is 21.9 Å². The molecule has 2 heterocycles. The Bertz CT molecular complexity index is 549. The Morgan fingerprint density at radius 1 is 1.39 bits per heavy atom. The molecule has 0 unspecified atom stereocenters. The third kappa shape index (κ3) is 2.74. The highest BCUT2D eigenvalue weighted by Crippen LogP contribution is 2.15. The fourth-order valence-corrected chi connectivity index (χ4v) is 1.68.